The van der Waals surface area contributed by atoms with Crippen LogP contribution >= 0.6 is 0 Å². The monoisotopic (exact) mass is 525 g/mol. The molecule has 0 spiro atoms. The first-order valence-corrected chi connectivity index (χ1v) is 12.6. The molecular weight excluding hydrogens is 498 g/mol. The lowest BCUT2D eigenvalue weighted by Crippen LogP contribution is -2.42. The summed E-state index contributed by atoms with van der Waals surface area (Å²) in [4.78, 5) is 38.9. The molecule has 1 aliphatic heterocycles. The van der Waals surface area contributed by atoms with Crippen molar-refractivity contribution in [3.05, 3.63) is 101 Å². The number of hydrazine groups is 1. The molecule has 1 aliphatic rings. The number of aromatic nitrogens is 3. The molecule has 0 radical (unpaired) electrons. The molecule has 4 aromatic rings. The number of ether oxygens (including phenoxy) is 2. The second kappa shape index (κ2) is 11.2. The van der Waals surface area contributed by atoms with Gasteiger partial charge in [-0.3, -0.25) is 10.2 Å². The second-order valence-electron chi connectivity index (χ2n) is 8.72. The minimum Gasteiger partial charge on any atom is -0.461 e. The number of carbonyl (C=O) groups excluding carboxylic acids is 3. The summed E-state index contributed by atoms with van der Waals surface area (Å²) in [5, 5.41) is 11.4. The maximum absolute atomic E-state index is 13.7. The maximum Gasteiger partial charge on any atom is 0.361 e. The van der Waals surface area contributed by atoms with Crippen molar-refractivity contribution in [2.75, 3.05) is 13.2 Å². The number of esters is 2. The molecule has 1 atom stereocenters. The number of benzene rings is 3. The van der Waals surface area contributed by atoms with Crippen molar-refractivity contribution >= 4 is 34.3 Å². The first kappa shape index (κ1) is 25.7. The van der Waals surface area contributed by atoms with Gasteiger partial charge in [0.15, 0.2) is 5.69 Å². The molecule has 10 nitrogen and oxygen atoms in total. The van der Waals surface area contributed by atoms with E-state index in [1.807, 2.05) is 78.9 Å². The first-order valence-electron chi connectivity index (χ1n) is 12.6. The standard InChI is InChI=1S/C29H27N5O5/c1-3-38-28(36)26-27(29(37)39-4-2)33(32-30-26)18-25(35)34-24(20-12-6-5-7-13-20)17-23(31-34)22-16-10-14-19-11-8-9-15-21(19)22/h5-17,24,31H,3-4,18H2,1-2H3. The minimum absolute atomic E-state index is 0.0717. The predicted octanol–water partition coefficient (Wildman–Crippen LogP) is 3.91. The van der Waals surface area contributed by atoms with E-state index < -0.39 is 23.9 Å². The van der Waals surface area contributed by atoms with Crippen molar-refractivity contribution in [3.63, 3.8) is 0 Å². The molecule has 1 N–H and O–H groups in total. The zero-order chi connectivity index (χ0) is 27.4. The van der Waals surface area contributed by atoms with Crippen molar-refractivity contribution in [2.45, 2.75) is 26.4 Å². The van der Waals surface area contributed by atoms with Crippen LogP contribution in [0.5, 0.6) is 0 Å². The molecule has 0 bridgehead atoms. The average molecular weight is 526 g/mol. The predicted molar refractivity (Wildman–Crippen MR) is 143 cm³/mol. The molecule has 1 amide bonds. The van der Waals surface area contributed by atoms with Gasteiger partial charge in [-0.2, -0.15) is 0 Å². The van der Waals surface area contributed by atoms with Crippen molar-refractivity contribution in [1.29, 1.82) is 0 Å². The Morgan fingerprint density at radius 3 is 2.33 bits per heavy atom. The van der Waals surface area contributed by atoms with Gasteiger partial charge in [0.25, 0.3) is 5.91 Å². The minimum atomic E-state index is -0.819. The van der Waals surface area contributed by atoms with Crippen LogP contribution in [0, 0.1) is 0 Å². The van der Waals surface area contributed by atoms with Crippen LogP contribution in [0.3, 0.4) is 0 Å². The fourth-order valence-corrected chi connectivity index (χ4v) is 4.56. The topological polar surface area (TPSA) is 116 Å². The Labute approximate surface area is 224 Å². The van der Waals surface area contributed by atoms with Crippen LogP contribution in [-0.2, 0) is 20.8 Å². The van der Waals surface area contributed by atoms with E-state index in [-0.39, 0.29) is 31.1 Å². The van der Waals surface area contributed by atoms with E-state index in [0.29, 0.717) is 0 Å². The molecule has 0 aliphatic carbocycles. The van der Waals surface area contributed by atoms with E-state index in [4.69, 9.17) is 9.47 Å². The van der Waals surface area contributed by atoms with E-state index >= 15 is 0 Å². The summed E-state index contributed by atoms with van der Waals surface area (Å²) in [5.41, 5.74) is 5.34. The summed E-state index contributed by atoms with van der Waals surface area (Å²) >= 11 is 0. The van der Waals surface area contributed by atoms with Crippen molar-refractivity contribution < 1.29 is 23.9 Å². The number of amides is 1. The van der Waals surface area contributed by atoms with E-state index in [2.05, 4.69) is 15.7 Å². The summed E-state index contributed by atoms with van der Waals surface area (Å²) in [6.45, 7) is 3.07. The number of hydrogen-bond acceptors (Lipinski definition) is 8. The van der Waals surface area contributed by atoms with Crippen molar-refractivity contribution in [3.8, 4) is 0 Å². The summed E-state index contributed by atoms with van der Waals surface area (Å²) in [7, 11) is 0. The average Bonchev–Trinajstić information content (AvgIpc) is 3.59. The zero-order valence-electron chi connectivity index (χ0n) is 21.5. The van der Waals surface area contributed by atoms with Gasteiger partial charge in [0, 0.05) is 5.56 Å². The summed E-state index contributed by atoms with van der Waals surface area (Å²) < 4.78 is 11.2. The van der Waals surface area contributed by atoms with Crippen LogP contribution in [0.1, 0.15) is 52.0 Å². The van der Waals surface area contributed by atoms with Crippen LogP contribution < -0.4 is 5.43 Å². The van der Waals surface area contributed by atoms with E-state index in [9.17, 15) is 14.4 Å². The highest BCUT2D eigenvalue weighted by molar-refractivity contribution is 6.01. The van der Waals surface area contributed by atoms with Gasteiger partial charge in [0.1, 0.15) is 6.54 Å². The third kappa shape index (κ3) is 5.08. The van der Waals surface area contributed by atoms with Crippen LogP contribution in [0.15, 0.2) is 78.9 Å². The van der Waals surface area contributed by atoms with Crippen LogP contribution in [0.2, 0.25) is 0 Å². The SMILES string of the molecule is CCOC(=O)c1nnn(CC(=O)N2NC(c3cccc4ccccc34)=CC2c2ccccc2)c1C(=O)OCC. The molecule has 1 unspecified atom stereocenters. The van der Waals surface area contributed by atoms with Crippen molar-refractivity contribution in [1.82, 2.24) is 25.4 Å². The molecule has 198 valence electrons. The summed E-state index contributed by atoms with van der Waals surface area (Å²) in [6.07, 6.45) is 1.99. The number of hydrogen-bond donors (Lipinski definition) is 1. The van der Waals surface area contributed by atoms with Crippen LogP contribution in [-0.4, -0.2) is 51.1 Å². The quantitative estimate of drug-likeness (QED) is 0.344. The first-order chi connectivity index (χ1) is 19.0. The lowest BCUT2D eigenvalue weighted by Gasteiger charge is -2.25. The van der Waals surface area contributed by atoms with E-state index in [0.717, 1.165) is 32.3 Å². The van der Waals surface area contributed by atoms with Crippen LogP contribution in [0.25, 0.3) is 16.5 Å². The second-order valence-corrected chi connectivity index (χ2v) is 8.72. The van der Waals surface area contributed by atoms with Gasteiger partial charge in [0.05, 0.1) is 25.0 Å². The Bertz CT molecular complexity index is 1560. The van der Waals surface area contributed by atoms with E-state index in [1.165, 1.54) is 5.01 Å². The molecule has 1 aromatic heterocycles. The number of nitrogens with zero attached hydrogens (tertiary/aromatic N) is 4. The highest BCUT2D eigenvalue weighted by Gasteiger charge is 2.34. The highest BCUT2D eigenvalue weighted by atomic mass is 16.5. The number of carbonyl (C=O) groups is 3. The smallest absolute Gasteiger partial charge is 0.361 e. The Hall–Kier alpha value is -4.99. The number of fused-ring (bicyclic) bond motifs is 1. The van der Waals surface area contributed by atoms with Gasteiger partial charge < -0.3 is 9.47 Å². The highest BCUT2D eigenvalue weighted by Crippen LogP contribution is 2.34. The molecule has 5 rings (SSSR count). The Morgan fingerprint density at radius 1 is 0.872 bits per heavy atom. The molecule has 2 heterocycles. The third-order valence-electron chi connectivity index (χ3n) is 6.29. The van der Waals surface area contributed by atoms with Crippen LogP contribution in [0.4, 0.5) is 0 Å². The molecule has 0 saturated heterocycles. The van der Waals surface area contributed by atoms with Gasteiger partial charge in [-0.15, -0.1) is 5.10 Å². The lowest BCUT2D eigenvalue weighted by atomic mass is 10.0. The fourth-order valence-electron chi connectivity index (χ4n) is 4.56. The largest absolute Gasteiger partial charge is 0.461 e. The van der Waals surface area contributed by atoms with Gasteiger partial charge in [-0.25, -0.2) is 19.3 Å². The lowest BCUT2D eigenvalue weighted by molar-refractivity contribution is -0.135. The molecular formula is C29H27N5O5. The van der Waals surface area contributed by atoms with Gasteiger partial charge >= 0.3 is 11.9 Å². The zero-order valence-corrected chi connectivity index (χ0v) is 21.5. The molecule has 0 saturated carbocycles. The van der Waals surface area contributed by atoms with Crippen molar-refractivity contribution in [2.24, 2.45) is 0 Å². The number of nitrogens with one attached hydrogen (secondary N) is 1. The molecule has 3 aromatic carbocycles. The van der Waals surface area contributed by atoms with Gasteiger partial charge in [-0.1, -0.05) is 78.0 Å². The summed E-state index contributed by atoms with van der Waals surface area (Å²) in [5.74, 6) is -2.04. The Morgan fingerprint density at radius 2 is 1.56 bits per heavy atom. The third-order valence-corrected chi connectivity index (χ3v) is 6.29. The Balaban J connectivity index is 1.49. The van der Waals surface area contributed by atoms with Gasteiger partial charge in [-0.05, 0) is 36.3 Å². The number of rotatable bonds is 8. The molecule has 0 fully saturated rings. The fraction of sp³-hybridized carbons (Fsp3) is 0.207. The van der Waals surface area contributed by atoms with E-state index in [1.54, 1.807) is 13.8 Å². The van der Waals surface area contributed by atoms with Gasteiger partial charge in [0.2, 0.25) is 5.69 Å². The summed E-state index contributed by atoms with van der Waals surface area (Å²) in [6, 6.07) is 23.2. The molecule has 39 heavy (non-hydrogen) atoms. The maximum atomic E-state index is 13.7. The normalized spacial score (nSPS) is 14.6. The Kier molecular flexibility index (Phi) is 7.35. The molecule has 10 heteroatoms.